The zero-order valence-corrected chi connectivity index (χ0v) is 28.4. The molecule has 2 heteroatoms. The van der Waals surface area contributed by atoms with Crippen molar-refractivity contribution in [3.8, 4) is 16.8 Å². The number of hydrogen-bond donors (Lipinski definition) is 1. The highest BCUT2D eigenvalue weighted by Gasteiger charge is 2.27. The van der Waals surface area contributed by atoms with Crippen LogP contribution in [0.1, 0.15) is 25.0 Å². The van der Waals surface area contributed by atoms with Gasteiger partial charge in [0.1, 0.15) is 0 Å². The van der Waals surface area contributed by atoms with Crippen molar-refractivity contribution in [1.29, 1.82) is 0 Å². The Morgan fingerprint density at radius 1 is 0.600 bits per heavy atom. The molecule has 1 aromatic heterocycles. The number of nitrogens with zero attached hydrogens (tertiary/aromatic N) is 1. The van der Waals surface area contributed by atoms with Crippen LogP contribution in [0.4, 0.5) is 11.4 Å². The topological polar surface area (TPSA) is 17.0 Å². The Kier molecular flexibility index (Phi) is 7.07. The molecule has 0 bridgehead atoms. The van der Waals surface area contributed by atoms with Crippen LogP contribution in [0.2, 0.25) is 0 Å². The van der Waals surface area contributed by atoms with Crippen LogP contribution in [-0.2, 0) is 11.8 Å². The molecular formula is C48H38N2. The average Bonchev–Trinajstić information content (AvgIpc) is 3.52. The van der Waals surface area contributed by atoms with Crippen molar-refractivity contribution in [1.82, 2.24) is 4.57 Å². The fourth-order valence-corrected chi connectivity index (χ4v) is 7.86. The molecule has 9 rings (SSSR count). The Hall–Kier alpha value is -6.12. The summed E-state index contributed by atoms with van der Waals surface area (Å²) < 4.78 is 2.50. The number of nitrogens with one attached hydrogen (secondary N) is 1. The quantitative estimate of drug-likeness (QED) is 0.189. The van der Waals surface area contributed by atoms with E-state index in [2.05, 4.69) is 194 Å². The minimum atomic E-state index is -0.228. The molecule has 0 aliphatic heterocycles. The second kappa shape index (κ2) is 11.8. The molecule has 7 aromatic carbocycles. The van der Waals surface area contributed by atoms with Gasteiger partial charge in [0.05, 0.1) is 11.0 Å². The first-order valence-electron chi connectivity index (χ1n) is 17.4. The molecule has 1 N–H and O–H groups in total. The van der Waals surface area contributed by atoms with E-state index >= 15 is 0 Å². The van der Waals surface area contributed by atoms with Crippen molar-refractivity contribution < 1.29 is 0 Å². The number of benzene rings is 7. The maximum absolute atomic E-state index is 4.51. The summed E-state index contributed by atoms with van der Waals surface area (Å²) in [6, 6.07) is 50.8. The van der Waals surface area contributed by atoms with E-state index in [4.69, 9.17) is 0 Å². The number of hydrogen-bond acceptors (Lipinski definition) is 1. The summed E-state index contributed by atoms with van der Waals surface area (Å²) in [5.74, 6) is 0. The van der Waals surface area contributed by atoms with Crippen LogP contribution in [0.5, 0.6) is 0 Å². The lowest BCUT2D eigenvalue weighted by Gasteiger charge is -2.29. The summed E-state index contributed by atoms with van der Waals surface area (Å²) in [7, 11) is 0. The van der Waals surface area contributed by atoms with Gasteiger partial charge in [0, 0.05) is 38.6 Å². The second-order valence-corrected chi connectivity index (χ2v) is 13.9. The van der Waals surface area contributed by atoms with E-state index < -0.39 is 0 Å². The summed E-state index contributed by atoms with van der Waals surface area (Å²) >= 11 is 0. The van der Waals surface area contributed by atoms with Crippen molar-refractivity contribution >= 4 is 54.7 Å². The number of allylic oxidation sites excluding steroid dienone is 5. The standard InChI is InChI=1S/C48H38N2/c1-32-14-6-4-9-17-35-24-28-38(31-44(35)48(32,2)3)50-45-29-27-37(49-36-25-22-34(23-26-36)33-15-7-5-8-16-33)30-43(45)46-41-20-12-10-18-39(41)40-19-11-13-21-42(40)47(46)50/h4-16,18-31,49H,1,17H2,2-3H3/b9-4-,14-6-. The van der Waals surface area contributed by atoms with Crippen molar-refractivity contribution in [2.75, 3.05) is 5.32 Å². The van der Waals surface area contributed by atoms with Crippen molar-refractivity contribution in [3.05, 3.63) is 187 Å². The van der Waals surface area contributed by atoms with Gasteiger partial charge in [0.2, 0.25) is 0 Å². The normalized spacial score (nSPS) is 15.4. The number of anilines is 2. The Labute approximate surface area is 293 Å². The molecule has 0 radical (unpaired) electrons. The summed E-state index contributed by atoms with van der Waals surface area (Å²) in [6.07, 6.45) is 9.54. The highest BCUT2D eigenvalue weighted by Crippen LogP contribution is 2.44. The number of rotatable bonds is 4. The Bertz CT molecular complexity index is 2670. The summed E-state index contributed by atoms with van der Waals surface area (Å²) in [6.45, 7) is 9.10. The van der Waals surface area contributed by atoms with E-state index in [-0.39, 0.29) is 5.41 Å². The predicted octanol–water partition coefficient (Wildman–Crippen LogP) is 13.0. The van der Waals surface area contributed by atoms with E-state index in [1.807, 2.05) is 0 Å². The molecule has 1 aliphatic rings. The van der Waals surface area contributed by atoms with E-state index in [0.29, 0.717) is 0 Å². The lowest BCUT2D eigenvalue weighted by molar-refractivity contribution is 0.634. The zero-order valence-electron chi connectivity index (χ0n) is 28.4. The van der Waals surface area contributed by atoms with E-state index in [9.17, 15) is 0 Å². The van der Waals surface area contributed by atoms with E-state index in [1.54, 1.807) is 0 Å². The van der Waals surface area contributed by atoms with Gasteiger partial charge < -0.3 is 9.88 Å². The van der Waals surface area contributed by atoms with Crippen LogP contribution in [0.15, 0.2) is 176 Å². The van der Waals surface area contributed by atoms with Crippen LogP contribution in [0.3, 0.4) is 0 Å². The van der Waals surface area contributed by atoms with Crippen molar-refractivity contribution in [3.63, 3.8) is 0 Å². The molecule has 0 fully saturated rings. The molecular weight excluding hydrogens is 605 g/mol. The first-order chi connectivity index (χ1) is 24.5. The molecule has 0 saturated heterocycles. The third-order valence-corrected chi connectivity index (χ3v) is 10.6. The molecule has 1 heterocycles. The molecule has 0 spiro atoms. The maximum atomic E-state index is 4.51. The third-order valence-electron chi connectivity index (χ3n) is 10.6. The van der Waals surface area contributed by atoms with Gasteiger partial charge in [-0.05, 0) is 92.9 Å². The monoisotopic (exact) mass is 642 g/mol. The van der Waals surface area contributed by atoms with Crippen LogP contribution < -0.4 is 5.32 Å². The molecule has 50 heavy (non-hydrogen) atoms. The molecule has 8 aromatic rings. The molecule has 240 valence electrons. The summed E-state index contributed by atoms with van der Waals surface area (Å²) in [5.41, 5.74) is 11.7. The van der Waals surface area contributed by atoms with Gasteiger partial charge in [-0.2, -0.15) is 0 Å². The summed E-state index contributed by atoms with van der Waals surface area (Å²) in [5, 5.41) is 11.3. The fraction of sp³-hybridized carbons (Fsp3) is 0.0833. The lowest BCUT2D eigenvalue weighted by Crippen LogP contribution is -2.21. The SMILES string of the molecule is C=C1/C=C\C=C/Cc2ccc(-n3c4ccc(Nc5ccc(-c6ccccc6)cc5)cc4c4c5ccccc5c5ccccc5c43)cc2C1(C)C. The fourth-order valence-electron chi connectivity index (χ4n) is 7.86. The average molecular weight is 643 g/mol. The first-order valence-corrected chi connectivity index (χ1v) is 17.4. The molecule has 0 unspecified atom stereocenters. The molecule has 0 saturated carbocycles. The van der Waals surface area contributed by atoms with E-state index in [1.165, 1.54) is 65.6 Å². The highest BCUT2D eigenvalue weighted by atomic mass is 15.0. The van der Waals surface area contributed by atoms with Crippen LogP contribution in [-0.4, -0.2) is 4.57 Å². The van der Waals surface area contributed by atoms with Crippen LogP contribution in [0, 0.1) is 0 Å². The Morgan fingerprint density at radius 3 is 2.04 bits per heavy atom. The van der Waals surface area contributed by atoms with Gasteiger partial charge in [-0.25, -0.2) is 0 Å². The smallest absolute Gasteiger partial charge is 0.0625 e. The highest BCUT2D eigenvalue weighted by molar-refractivity contribution is 6.32. The van der Waals surface area contributed by atoms with Gasteiger partial charge >= 0.3 is 0 Å². The molecule has 0 atom stereocenters. The Morgan fingerprint density at radius 2 is 1.26 bits per heavy atom. The maximum Gasteiger partial charge on any atom is 0.0625 e. The third kappa shape index (κ3) is 4.87. The van der Waals surface area contributed by atoms with Crippen LogP contribution in [0.25, 0.3) is 60.2 Å². The summed E-state index contributed by atoms with van der Waals surface area (Å²) in [4.78, 5) is 0. The second-order valence-electron chi connectivity index (χ2n) is 13.9. The van der Waals surface area contributed by atoms with Crippen molar-refractivity contribution in [2.45, 2.75) is 25.7 Å². The minimum Gasteiger partial charge on any atom is -0.356 e. The van der Waals surface area contributed by atoms with Gasteiger partial charge in [0.15, 0.2) is 0 Å². The minimum absolute atomic E-state index is 0.228. The van der Waals surface area contributed by atoms with Gasteiger partial charge in [0.25, 0.3) is 0 Å². The largest absolute Gasteiger partial charge is 0.356 e. The molecule has 1 aliphatic carbocycles. The number of fused-ring (bicyclic) bond motifs is 9. The van der Waals surface area contributed by atoms with Crippen LogP contribution >= 0.6 is 0 Å². The van der Waals surface area contributed by atoms with Gasteiger partial charge in [-0.1, -0.05) is 142 Å². The Balaban J connectivity index is 1.28. The molecule has 0 amide bonds. The van der Waals surface area contributed by atoms with E-state index in [0.717, 1.165) is 29.1 Å². The van der Waals surface area contributed by atoms with Gasteiger partial charge in [-0.3, -0.25) is 0 Å². The number of aromatic nitrogens is 1. The van der Waals surface area contributed by atoms with Crippen molar-refractivity contribution in [2.24, 2.45) is 0 Å². The predicted molar refractivity (Wildman–Crippen MR) is 215 cm³/mol. The lowest BCUT2D eigenvalue weighted by atomic mass is 9.75. The first kappa shape index (κ1) is 30.0. The zero-order chi connectivity index (χ0) is 33.8. The molecule has 2 nitrogen and oxygen atoms in total. The van der Waals surface area contributed by atoms with Gasteiger partial charge in [-0.15, -0.1) is 0 Å².